The summed E-state index contributed by atoms with van der Waals surface area (Å²) in [5.41, 5.74) is 1.21. The van der Waals surface area contributed by atoms with Crippen LogP contribution in [0, 0.1) is 0 Å². The van der Waals surface area contributed by atoms with Crippen molar-refractivity contribution in [2.45, 2.75) is 13.0 Å². The molecule has 0 spiro atoms. The fourth-order valence-electron chi connectivity index (χ4n) is 2.38. The van der Waals surface area contributed by atoms with Crippen molar-refractivity contribution in [3.05, 3.63) is 35.9 Å². The second-order valence-corrected chi connectivity index (χ2v) is 9.53. The van der Waals surface area contributed by atoms with Gasteiger partial charge in [0, 0.05) is 30.6 Å². The van der Waals surface area contributed by atoms with E-state index in [2.05, 4.69) is 27.7 Å². The molecule has 1 aromatic rings. The first-order valence-corrected chi connectivity index (χ1v) is 10.2. The summed E-state index contributed by atoms with van der Waals surface area (Å²) in [6.45, 7) is 3.32. The third-order valence-electron chi connectivity index (χ3n) is 3.50. The van der Waals surface area contributed by atoms with Crippen LogP contribution >= 0.6 is 0 Å². The van der Waals surface area contributed by atoms with E-state index in [1.807, 2.05) is 18.2 Å². The Balaban J connectivity index is 2.09. The lowest BCUT2D eigenvalue weighted by Crippen LogP contribution is -2.41. The van der Waals surface area contributed by atoms with Gasteiger partial charge in [-0.15, -0.1) is 3.77 Å². The fraction of sp³-hybridized carbons (Fsp3) is 0.538. The molecule has 0 unspecified atom stereocenters. The summed E-state index contributed by atoms with van der Waals surface area (Å²) in [7, 11) is -6.14. The van der Waals surface area contributed by atoms with Gasteiger partial charge >= 0.3 is 0 Å². The maximum absolute atomic E-state index is 12.4. The van der Waals surface area contributed by atoms with E-state index in [9.17, 15) is 12.6 Å². The van der Waals surface area contributed by atoms with Gasteiger partial charge in [0.2, 0.25) is 0 Å². The van der Waals surface area contributed by atoms with Crippen molar-refractivity contribution in [3.8, 4) is 0 Å². The fourth-order valence-corrected chi connectivity index (χ4v) is 6.20. The normalized spacial score (nSPS) is 21.3. The van der Waals surface area contributed by atoms with E-state index in [1.54, 1.807) is 0 Å². The summed E-state index contributed by atoms with van der Waals surface area (Å²) in [6.07, 6.45) is 0.999. The molecule has 112 valence electrons. The monoisotopic (exact) mass is 316 g/mol. The smallest absolute Gasteiger partial charge is 0.257 e. The molecule has 1 fully saturated rings. The first-order valence-electron chi connectivity index (χ1n) is 6.52. The Labute approximate surface area is 121 Å². The Hall–Kier alpha value is -0.920. The van der Waals surface area contributed by atoms with Gasteiger partial charge in [-0.1, -0.05) is 30.3 Å². The second kappa shape index (κ2) is 5.83. The van der Waals surface area contributed by atoms with Crippen molar-refractivity contribution in [1.82, 2.24) is 4.90 Å². The van der Waals surface area contributed by atoms with Gasteiger partial charge in [-0.05, 0) is 12.5 Å². The molecule has 1 atom stereocenters. The van der Waals surface area contributed by atoms with E-state index < -0.39 is 19.8 Å². The largest absolute Gasteiger partial charge is 0.295 e. The number of benzene rings is 1. The molecule has 0 aliphatic carbocycles. The SMILES string of the molecule is C[C@H](c1ccccc1)N1CCS(=O)(=NS(C)(=O)=O)CC1. The Morgan fingerprint density at radius 2 is 1.75 bits per heavy atom. The number of nitrogens with zero attached hydrogens (tertiary/aromatic N) is 2. The molecule has 0 saturated carbocycles. The molecule has 1 aliphatic heterocycles. The van der Waals surface area contributed by atoms with E-state index in [-0.39, 0.29) is 6.04 Å². The van der Waals surface area contributed by atoms with Crippen molar-refractivity contribution in [2.24, 2.45) is 3.77 Å². The van der Waals surface area contributed by atoms with Crippen LogP contribution in [0.4, 0.5) is 0 Å². The number of hydrogen-bond acceptors (Lipinski definition) is 4. The molecule has 0 N–H and O–H groups in total. The van der Waals surface area contributed by atoms with Crippen LogP contribution in [0.15, 0.2) is 34.1 Å². The summed E-state index contributed by atoms with van der Waals surface area (Å²) in [6, 6.07) is 10.3. The molecule has 0 amide bonds. The molecule has 1 heterocycles. The van der Waals surface area contributed by atoms with E-state index in [0.717, 1.165) is 6.26 Å². The molecule has 1 aliphatic rings. The Kier molecular flexibility index (Phi) is 4.51. The summed E-state index contributed by atoms with van der Waals surface area (Å²) >= 11 is 0. The third kappa shape index (κ3) is 4.04. The highest BCUT2D eigenvalue weighted by Crippen LogP contribution is 2.22. The maximum atomic E-state index is 12.4. The molecule has 5 nitrogen and oxygen atoms in total. The summed E-state index contributed by atoms with van der Waals surface area (Å²) in [4.78, 5) is 2.22. The van der Waals surface area contributed by atoms with Crippen LogP contribution in [0.5, 0.6) is 0 Å². The molecule has 7 heteroatoms. The molecule has 20 heavy (non-hydrogen) atoms. The number of hydrogen-bond donors (Lipinski definition) is 0. The number of rotatable bonds is 3. The van der Waals surface area contributed by atoms with Crippen molar-refractivity contribution in [3.63, 3.8) is 0 Å². The highest BCUT2D eigenvalue weighted by molar-refractivity contribution is 8.03. The quantitative estimate of drug-likeness (QED) is 0.847. The average molecular weight is 316 g/mol. The molecule has 0 aromatic heterocycles. The molecule has 1 aromatic carbocycles. The summed E-state index contributed by atoms with van der Waals surface area (Å²) in [5.74, 6) is 0.633. The second-order valence-electron chi connectivity index (χ2n) is 5.11. The van der Waals surface area contributed by atoms with Gasteiger partial charge in [-0.2, -0.15) is 0 Å². The van der Waals surface area contributed by atoms with Crippen LogP contribution < -0.4 is 0 Å². The minimum absolute atomic E-state index is 0.235. The van der Waals surface area contributed by atoms with Crippen molar-refractivity contribution in [1.29, 1.82) is 0 Å². The highest BCUT2D eigenvalue weighted by atomic mass is 32.3. The standard InChI is InChI=1S/C13H20N2O3S2/c1-12(13-6-4-3-5-7-13)15-8-10-20(18,11-9-15)14-19(2,16)17/h3-7,12H,8-11H2,1-2H3/t12-/m1/s1. The zero-order chi connectivity index (χ0) is 14.8. The molecule has 0 radical (unpaired) electrons. The van der Waals surface area contributed by atoms with E-state index in [1.165, 1.54) is 5.56 Å². The van der Waals surface area contributed by atoms with Gasteiger partial charge in [0.15, 0.2) is 0 Å². The first kappa shape index (κ1) is 15.5. The van der Waals surface area contributed by atoms with Crippen LogP contribution in [-0.4, -0.2) is 48.4 Å². The average Bonchev–Trinajstić information content (AvgIpc) is 2.37. The van der Waals surface area contributed by atoms with Crippen molar-refractivity contribution >= 4 is 19.8 Å². The van der Waals surface area contributed by atoms with Crippen molar-refractivity contribution < 1.29 is 12.6 Å². The Morgan fingerprint density at radius 3 is 2.25 bits per heavy atom. The molecular weight excluding hydrogens is 296 g/mol. The lowest BCUT2D eigenvalue weighted by Gasteiger charge is -2.33. The van der Waals surface area contributed by atoms with Gasteiger partial charge in [0.05, 0.1) is 16.0 Å². The molecule has 2 rings (SSSR count). The van der Waals surface area contributed by atoms with Crippen molar-refractivity contribution in [2.75, 3.05) is 30.9 Å². The predicted octanol–water partition coefficient (Wildman–Crippen LogP) is 1.49. The van der Waals surface area contributed by atoms with Crippen LogP contribution in [0.2, 0.25) is 0 Å². The van der Waals surface area contributed by atoms with E-state index in [4.69, 9.17) is 0 Å². The van der Waals surface area contributed by atoms with Crippen LogP contribution in [0.1, 0.15) is 18.5 Å². The minimum Gasteiger partial charge on any atom is -0.295 e. The molecule has 0 bridgehead atoms. The van der Waals surface area contributed by atoms with Crippen LogP contribution in [0.25, 0.3) is 0 Å². The lowest BCUT2D eigenvalue weighted by atomic mass is 10.1. The highest BCUT2D eigenvalue weighted by Gasteiger charge is 2.25. The topological polar surface area (TPSA) is 66.8 Å². The Bertz CT molecular complexity index is 663. The molecular formula is C13H20N2O3S2. The van der Waals surface area contributed by atoms with Gasteiger partial charge in [-0.3, -0.25) is 4.90 Å². The summed E-state index contributed by atoms with van der Waals surface area (Å²) in [5, 5.41) is 0. The van der Waals surface area contributed by atoms with E-state index >= 15 is 0 Å². The predicted molar refractivity (Wildman–Crippen MR) is 81.6 cm³/mol. The molecule has 1 saturated heterocycles. The van der Waals surface area contributed by atoms with Gasteiger partial charge in [0.25, 0.3) is 10.0 Å². The first-order chi connectivity index (χ1) is 9.29. The number of sulfonamides is 1. The third-order valence-corrected chi connectivity index (χ3v) is 7.31. The minimum atomic E-state index is -3.54. The van der Waals surface area contributed by atoms with Crippen LogP contribution in [0.3, 0.4) is 0 Å². The van der Waals surface area contributed by atoms with E-state index in [0.29, 0.717) is 24.6 Å². The van der Waals surface area contributed by atoms with Gasteiger partial charge in [-0.25, -0.2) is 12.6 Å². The zero-order valence-corrected chi connectivity index (χ0v) is 13.4. The lowest BCUT2D eigenvalue weighted by molar-refractivity contribution is 0.230. The summed E-state index contributed by atoms with van der Waals surface area (Å²) < 4.78 is 38.3. The zero-order valence-electron chi connectivity index (χ0n) is 11.7. The maximum Gasteiger partial charge on any atom is 0.257 e. The van der Waals surface area contributed by atoms with Gasteiger partial charge < -0.3 is 0 Å². The van der Waals surface area contributed by atoms with Gasteiger partial charge in [0.1, 0.15) is 0 Å². The Morgan fingerprint density at radius 1 is 1.20 bits per heavy atom. The van der Waals surface area contributed by atoms with Crippen LogP contribution in [-0.2, 0) is 19.8 Å².